The molecule has 1 atom stereocenters. The van der Waals surface area contributed by atoms with Crippen molar-refractivity contribution >= 4 is 28.9 Å². The number of aldehydes is 1. The van der Waals surface area contributed by atoms with Crippen LogP contribution >= 0.6 is 0 Å². The third kappa shape index (κ3) is 6.58. The standard InChI is InChI=1S/C26H22N2O7.C9H10O3/c1-31-18-8-6-17(7-9-18)26(30)19(12-15-4-11-22(32-2)23(13-15)33-3)24(25(29)34-26)16-5-10-20-21(14-16)28-35-27-20;1-11-8-4-3-7(6-10)5-9(8)12-2/h4-11,13-14,30H,12H2,1-3H3;3-6H,1-2H3. The average Bonchev–Trinajstić information content (AvgIpc) is 3.69. The molecular weight excluding hydrogens is 608 g/mol. The molecule has 12 nitrogen and oxygen atoms in total. The maximum absolute atomic E-state index is 13.2. The first-order chi connectivity index (χ1) is 22.8. The molecule has 0 saturated carbocycles. The van der Waals surface area contributed by atoms with Crippen molar-refractivity contribution in [2.45, 2.75) is 12.2 Å². The van der Waals surface area contributed by atoms with E-state index in [1.165, 1.54) is 7.11 Å². The maximum Gasteiger partial charge on any atom is 0.342 e. The van der Waals surface area contributed by atoms with Gasteiger partial charge in [-0.3, -0.25) is 4.79 Å². The number of rotatable bonds is 10. The van der Waals surface area contributed by atoms with Crippen molar-refractivity contribution in [1.82, 2.24) is 10.3 Å². The molecule has 0 bridgehead atoms. The van der Waals surface area contributed by atoms with Gasteiger partial charge < -0.3 is 33.5 Å². The summed E-state index contributed by atoms with van der Waals surface area (Å²) in [6.45, 7) is 0. The van der Waals surface area contributed by atoms with Gasteiger partial charge in [-0.05, 0) is 88.2 Å². The van der Waals surface area contributed by atoms with Gasteiger partial charge in [0.2, 0.25) is 0 Å². The average molecular weight is 641 g/mol. The number of benzene rings is 4. The molecule has 0 saturated heterocycles. The number of aliphatic hydroxyl groups is 1. The summed E-state index contributed by atoms with van der Waals surface area (Å²) in [6, 6.07) is 22.2. The van der Waals surface area contributed by atoms with E-state index in [1.54, 1.807) is 101 Å². The number of esters is 1. The van der Waals surface area contributed by atoms with Gasteiger partial charge in [-0.2, -0.15) is 0 Å². The molecule has 0 aliphatic carbocycles. The van der Waals surface area contributed by atoms with Gasteiger partial charge in [-0.25, -0.2) is 9.42 Å². The van der Waals surface area contributed by atoms with Crippen LogP contribution in [0.15, 0.2) is 89.1 Å². The molecule has 2 heterocycles. The minimum absolute atomic E-state index is 0.194. The highest BCUT2D eigenvalue weighted by molar-refractivity contribution is 6.20. The van der Waals surface area contributed by atoms with Crippen LogP contribution in [0.5, 0.6) is 28.7 Å². The second kappa shape index (κ2) is 14.0. The smallest absolute Gasteiger partial charge is 0.342 e. The third-order valence-corrected chi connectivity index (χ3v) is 7.55. The zero-order chi connectivity index (χ0) is 33.6. The lowest BCUT2D eigenvalue weighted by Crippen LogP contribution is -2.29. The predicted molar refractivity (Wildman–Crippen MR) is 170 cm³/mol. The Morgan fingerprint density at radius 2 is 1.36 bits per heavy atom. The fraction of sp³-hybridized carbons (Fsp3) is 0.200. The van der Waals surface area contributed by atoms with Crippen molar-refractivity contribution in [1.29, 1.82) is 0 Å². The lowest BCUT2D eigenvalue weighted by Gasteiger charge is -2.26. The van der Waals surface area contributed by atoms with Crippen LogP contribution in [-0.4, -0.2) is 63.2 Å². The van der Waals surface area contributed by atoms with E-state index in [2.05, 4.69) is 10.3 Å². The monoisotopic (exact) mass is 640 g/mol. The highest BCUT2D eigenvalue weighted by Crippen LogP contribution is 2.45. The highest BCUT2D eigenvalue weighted by atomic mass is 16.7. The molecule has 242 valence electrons. The lowest BCUT2D eigenvalue weighted by atomic mass is 9.88. The van der Waals surface area contributed by atoms with E-state index < -0.39 is 11.8 Å². The summed E-state index contributed by atoms with van der Waals surface area (Å²) < 4.78 is 36.4. The highest BCUT2D eigenvalue weighted by Gasteiger charge is 2.48. The summed E-state index contributed by atoms with van der Waals surface area (Å²) in [5.74, 6) is 0.248. The first-order valence-corrected chi connectivity index (χ1v) is 14.2. The lowest BCUT2D eigenvalue weighted by molar-refractivity contribution is -0.185. The molecule has 0 amide bonds. The minimum atomic E-state index is -2.00. The Kier molecular flexibility index (Phi) is 9.71. The second-order valence-corrected chi connectivity index (χ2v) is 10.2. The van der Waals surface area contributed by atoms with E-state index in [0.717, 1.165) is 11.8 Å². The number of nitrogens with zero attached hydrogens (tertiary/aromatic N) is 2. The third-order valence-electron chi connectivity index (χ3n) is 7.55. The number of methoxy groups -OCH3 is 5. The van der Waals surface area contributed by atoms with E-state index in [-0.39, 0.29) is 12.0 Å². The molecule has 5 aromatic rings. The summed E-state index contributed by atoms with van der Waals surface area (Å²) in [5, 5.41) is 19.5. The van der Waals surface area contributed by atoms with Crippen LogP contribution in [0.2, 0.25) is 0 Å². The normalized spacial score (nSPS) is 15.4. The zero-order valence-corrected chi connectivity index (χ0v) is 26.3. The summed E-state index contributed by atoms with van der Waals surface area (Å²) in [5.41, 5.74) is 3.91. The van der Waals surface area contributed by atoms with Gasteiger partial charge in [-0.1, -0.05) is 12.1 Å². The van der Waals surface area contributed by atoms with E-state index in [4.69, 9.17) is 33.1 Å². The van der Waals surface area contributed by atoms with Crippen LogP contribution in [0.1, 0.15) is 27.0 Å². The number of carbonyl (C=O) groups is 2. The summed E-state index contributed by atoms with van der Waals surface area (Å²) in [4.78, 5) is 23.6. The molecule has 4 aromatic carbocycles. The number of carbonyl (C=O) groups excluding carboxylic acids is 2. The van der Waals surface area contributed by atoms with E-state index in [1.807, 2.05) is 6.07 Å². The van der Waals surface area contributed by atoms with Crippen molar-refractivity contribution in [2.24, 2.45) is 0 Å². The Morgan fingerprint density at radius 1 is 0.723 bits per heavy atom. The molecule has 12 heteroatoms. The topological polar surface area (TPSA) is 149 Å². The largest absolute Gasteiger partial charge is 0.497 e. The Balaban J connectivity index is 0.000000305. The second-order valence-electron chi connectivity index (χ2n) is 10.2. The Morgan fingerprint density at radius 3 is 2.00 bits per heavy atom. The van der Waals surface area contributed by atoms with Gasteiger partial charge >= 0.3 is 5.97 Å². The van der Waals surface area contributed by atoms with Crippen LogP contribution in [0.25, 0.3) is 16.6 Å². The Labute approximate surface area is 270 Å². The molecular formula is C35H32N2O10. The number of hydrogen-bond donors (Lipinski definition) is 1. The number of cyclic esters (lactones) is 1. The van der Waals surface area contributed by atoms with Crippen molar-refractivity contribution in [3.8, 4) is 28.7 Å². The van der Waals surface area contributed by atoms with Gasteiger partial charge in [0.1, 0.15) is 23.1 Å². The first-order valence-electron chi connectivity index (χ1n) is 14.2. The first kappa shape index (κ1) is 32.5. The Hall–Kier alpha value is -5.88. The number of ether oxygens (including phenoxy) is 6. The summed E-state index contributed by atoms with van der Waals surface area (Å²) in [6.07, 6.45) is 0.959. The van der Waals surface area contributed by atoms with Gasteiger partial charge in [0.15, 0.2) is 23.0 Å². The molecule has 0 fully saturated rings. The van der Waals surface area contributed by atoms with Crippen molar-refractivity contribution < 1.29 is 47.7 Å². The van der Waals surface area contributed by atoms with Crippen molar-refractivity contribution in [2.75, 3.05) is 35.5 Å². The quantitative estimate of drug-likeness (QED) is 0.159. The SMILES string of the molecule is COc1ccc(C2(O)OC(=O)C(c3ccc4nonc4c3)=C2Cc2ccc(OC)c(OC)c2)cc1.COc1ccc(C=O)cc1OC. The van der Waals surface area contributed by atoms with E-state index >= 15 is 0 Å². The minimum Gasteiger partial charge on any atom is -0.497 e. The zero-order valence-electron chi connectivity index (χ0n) is 26.3. The van der Waals surface area contributed by atoms with Gasteiger partial charge in [0.05, 0.1) is 41.1 Å². The van der Waals surface area contributed by atoms with Gasteiger partial charge in [0.25, 0.3) is 5.79 Å². The van der Waals surface area contributed by atoms with Crippen LogP contribution in [0.4, 0.5) is 0 Å². The van der Waals surface area contributed by atoms with Crippen molar-refractivity contribution in [3.63, 3.8) is 0 Å². The molecule has 1 aromatic heterocycles. The summed E-state index contributed by atoms with van der Waals surface area (Å²) in [7, 11) is 7.74. The van der Waals surface area contributed by atoms with E-state index in [0.29, 0.717) is 62.0 Å². The van der Waals surface area contributed by atoms with E-state index in [9.17, 15) is 14.7 Å². The fourth-order valence-electron chi connectivity index (χ4n) is 5.15. The molecule has 1 aliphatic heterocycles. The van der Waals surface area contributed by atoms with Crippen molar-refractivity contribution in [3.05, 3.63) is 107 Å². The number of fused-ring (bicyclic) bond motifs is 1. The number of hydrogen-bond acceptors (Lipinski definition) is 12. The molecule has 1 N–H and O–H groups in total. The Bertz CT molecular complexity index is 1930. The van der Waals surface area contributed by atoms with Crippen LogP contribution in [0.3, 0.4) is 0 Å². The predicted octanol–water partition coefficient (Wildman–Crippen LogP) is 5.16. The van der Waals surface area contributed by atoms with Gasteiger partial charge in [-0.15, -0.1) is 0 Å². The maximum atomic E-state index is 13.2. The van der Waals surface area contributed by atoms with Crippen LogP contribution in [-0.2, 0) is 21.7 Å². The summed E-state index contributed by atoms with van der Waals surface area (Å²) >= 11 is 0. The molecule has 1 aliphatic rings. The van der Waals surface area contributed by atoms with Crippen LogP contribution in [0, 0.1) is 0 Å². The molecule has 0 spiro atoms. The molecule has 1 unspecified atom stereocenters. The number of aromatic nitrogens is 2. The van der Waals surface area contributed by atoms with Gasteiger partial charge in [0, 0.05) is 23.1 Å². The molecule has 47 heavy (non-hydrogen) atoms. The molecule has 6 rings (SSSR count). The fourth-order valence-corrected chi connectivity index (χ4v) is 5.15. The molecule has 0 radical (unpaired) electrons. The van der Waals surface area contributed by atoms with Crippen LogP contribution < -0.4 is 23.7 Å².